The molecule has 1 aliphatic carbocycles. The van der Waals surface area contributed by atoms with Crippen LogP contribution in [0.4, 0.5) is 15.3 Å². The second-order valence-corrected chi connectivity index (χ2v) is 11.1. The van der Waals surface area contributed by atoms with E-state index in [2.05, 4.69) is 34.9 Å². The molecule has 4 N–H and O–H groups in total. The molecule has 2 aliphatic rings. The minimum atomic E-state index is -0.665. The van der Waals surface area contributed by atoms with E-state index in [0.717, 1.165) is 22.2 Å². The predicted octanol–water partition coefficient (Wildman–Crippen LogP) is 5.73. The molecule has 0 atom stereocenters. The number of alkyl carbamates (subject to hydrolysis) is 1. The molecule has 1 fully saturated rings. The Morgan fingerprint density at radius 3 is 2.00 bits per heavy atom. The van der Waals surface area contributed by atoms with E-state index in [1.165, 1.54) is 11.1 Å². The number of primary amides is 1. The Kier molecular flexibility index (Phi) is 7.44. The lowest BCUT2D eigenvalue weighted by Gasteiger charge is -2.32. The Morgan fingerprint density at radius 1 is 0.900 bits per heavy atom. The minimum absolute atomic E-state index is 0.0243. The van der Waals surface area contributed by atoms with Gasteiger partial charge in [0.05, 0.1) is 11.2 Å². The third kappa shape index (κ3) is 5.62. The van der Waals surface area contributed by atoms with Gasteiger partial charge in [-0.05, 0) is 73.1 Å². The quantitative estimate of drug-likeness (QED) is 0.332. The number of carbonyl (C=O) groups is 2. The lowest BCUT2D eigenvalue weighted by Crippen LogP contribution is -2.41. The number of fused-ring (bicyclic) bond motifs is 3. The van der Waals surface area contributed by atoms with E-state index >= 15 is 0 Å². The van der Waals surface area contributed by atoms with Crippen LogP contribution in [0.1, 0.15) is 50.3 Å². The SMILES string of the molecule is CC1(C)OB(C(=Cc2ccc(NC(N)=O)cc2)CNC(=O)OCC2c3ccccc3-c3ccccc32)OC1(C)C. The third-order valence-electron chi connectivity index (χ3n) is 7.87. The molecule has 1 saturated heterocycles. The van der Waals surface area contributed by atoms with Crippen molar-refractivity contribution < 1.29 is 23.6 Å². The topological polar surface area (TPSA) is 112 Å². The summed E-state index contributed by atoms with van der Waals surface area (Å²) in [5.41, 5.74) is 10.9. The van der Waals surface area contributed by atoms with E-state index in [4.69, 9.17) is 19.8 Å². The number of rotatable bonds is 7. The maximum Gasteiger partial charge on any atom is 0.492 e. The van der Waals surface area contributed by atoms with Gasteiger partial charge in [-0.1, -0.05) is 66.7 Å². The van der Waals surface area contributed by atoms with Crippen molar-refractivity contribution in [2.75, 3.05) is 18.5 Å². The van der Waals surface area contributed by atoms with E-state index in [-0.39, 0.29) is 19.1 Å². The van der Waals surface area contributed by atoms with Crippen LogP contribution in [0.15, 0.2) is 78.3 Å². The number of carbonyl (C=O) groups excluding carboxylic acids is 2. The Morgan fingerprint density at radius 2 is 1.45 bits per heavy atom. The molecule has 3 aromatic carbocycles. The Hall–Kier alpha value is -4.08. The van der Waals surface area contributed by atoms with Crippen molar-refractivity contribution >= 4 is 31.0 Å². The molecule has 0 bridgehead atoms. The van der Waals surface area contributed by atoms with Crippen LogP contribution in [0.25, 0.3) is 17.2 Å². The van der Waals surface area contributed by atoms with Crippen molar-refractivity contribution in [1.29, 1.82) is 0 Å². The van der Waals surface area contributed by atoms with Gasteiger partial charge in [-0.25, -0.2) is 9.59 Å². The Balaban J connectivity index is 1.29. The smallest absolute Gasteiger partial charge is 0.449 e. The van der Waals surface area contributed by atoms with Gasteiger partial charge in [0, 0.05) is 18.2 Å². The first kappa shape index (κ1) is 27.5. The zero-order valence-corrected chi connectivity index (χ0v) is 23.2. The molecular weight excluding hydrogens is 505 g/mol. The molecule has 3 amide bonds. The normalized spacial score (nSPS) is 17.2. The Bertz CT molecular complexity index is 1390. The van der Waals surface area contributed by atoms with Crippen molar-refractivity contribution in [3.8, 4) is 11.1 Å². The summed E-state index contributed by atoms with van der Waals surface area (Å²) in [6.45, 7) is 8.31. The number of anilines is 1. The third-order valence-corrected chi connectivity index (χ3v) is 7.87. The fourth-order valence-corrected chi connectivity index (χ4v) is 5.04. The summed E-state index contributed by atoms with van der Waals surface area (Å²) in [4.78, 5) is 24.1. The zero-order valence-electron chi connectivity index (χ0n) is 23.2. The molecule has 40 heavy (non-hydrogen) atoms. The first-order chi connectivity index (χ1) is 19.0. The molecule has 1 aliphatic heterocycles. The summed E-state index contributed by atoms with van der Waals surface area (Å²) in [7, 11) is -0.665. The van der Waals surface area contributed by atoms with E-state index in [1.54, 1.807) is 12.1 Å². The largest absolute Gasteiger partial charge is 0.492 e. The van der Waals surface area contributed by atoms with Crippen LogP contribution in [-0.2, 0) is 14.0 Å². The number of nitrogens with one attached hydrogen (secondary N) is 2. The standard InChI is InChI=1S/C31H34BN3O5/c1-30(2)31(3,4)40-32(39-30)21(17-20-13-15-22(16-14-20)35-28(33)36)18-34-29(37)38-19-27-25-11-7-5-9-23(25)24-10-6-8-12-26(24)27/h5-17,27H,18-19H2,1-4H3,(H,34,37)(H3,33,35,36). The second-order valence-electron chi connectivity index (χ2n) is 11.1. The van der Waals surface area contributed by atoms with Gasteiger partial charge in [0.2, 0.25) is 0 Å². The molecule has 5 rings (SSSR count). The highest BCUT2D eigenvalue weighted by Crippen LogP contribution is 2.44. The average molecular weight is 539 g/mol. The van der Waals surface area contributed by atoms with Crippen LogP contribution in [0, 0.1) is 0 Å². The molecule has 9 heteroatoms. The minimum Gasteiger partial charge on any atom is -0.449 e. The molecule has 1 heterocycles. The molecule has 0 spiro atoms. The first-order valence-corrected chi connectivity index (χ1v) is 13.4. The predicted molar refractivity (Wildman–Crippen MR) is 157 cm³/mol. The van der Waals surface area contributed by atoms with Gasteiger partial charge in [-0.15, -0.1) is 0 Å². The summed E-state index contributed by atoms with van der Waals surface area (Å²) < 4.78 is 18.3. The maximum absolute atomic E-state index is 12.9. The van der Waals surface area contributed by atoms with Crippen molar-refractivity contribution in [3.63, 3.8) is 0 Å². The van der Waals surface area contributed by atoms with Crippen LogP contribution in [0.5, 0.6) is 0 Å². The summed E-state index contributed by atoms with van der Waals surface area (Å²) in [6.07, 6.45) is 1.38. The number of hydrogen-bond acceptors (Lipinski definition) is 5. The molecular formula is C31H34BN3O5. The average Bonchev–Trinajstić information content (AvgIpc) is 3.35. The molecule has 0 unspecified atom stereocenters. The number of nitrogens with two attached hydrogens (primary N) is 1. The number of urea groups is 1. The monoisotopic (exact) mass is 539 g/mol. The van der Waals surface area contributed by atoms with E-state index < -0.39 is 30.4 Å². The lowest BCUT2D eigenvalue weighted by atomic mass is 9.77. The number of ether oxygens (including phenoxy) is 1. The van der Waals surface area contributed by atoms with Gasteiger partial charge in [0.25, 0.3) is 0 Å². The van der Waals surface area contributed by atoms with Gasteiger partial charge in [0.1, 0.15) is 6.61 Å². The van der Waals surface area contributed by atoms with Crippen LogP contribution < -0.4 is 16.4 Å². The van der Waals surface area contributed by atoms with Gasteiger partial charge in [-0.2, -0.15) is 0 Å². The number of hydrogen-bond donors (Lipinski definition) is 3. The van der Waals surface area contributed by atoms with Gasteiger partial charge in [-0.3, -0.25) is 0 Å². The fraction of sp³-hybridized carbons (Fsp3) is 0.290. The Labute approximate surface area is 235 Å². The first-order valence-electron chi connectivity index (χ1n) is 13.4. The highest BCUT2D eigenvalue weighted by Gasteiger charge is 2.52. The van der Waals surface area contributed by atoms with Crippen LogP contribution in [0.3, 0.4) is 0 Å². The van der Waals surface area contributed by atoms with Crippen molar-refractivity contribution in [2.45, 2.75) is 44.8 Å². The van der Waals surface area contributed by atoms with Gasteiger partial charge >= 0.3 is 19.2 Å². The van der Waals surface area contributed by atoms with Gasteiger partial charge < -0.3 is 30.4 Å². The highest BCUT2D eigenvalue weighted by atomic mass is 16.7. The van der Waals surface area contributed by atoms with E-state index in [9.17, 15) is 9.59 Å². The van der Waals surface area contributed by atoms with Gasteiger partial charge in [0.15, 0.2) is 0 Å². The summed E-state index contributed by atoms with van der Waals surface area (Å²) in [5, 5.41) is 5.43. The lowest BCUT2D eigenvalue weighted by molar-refractivity contribution is 0.00578. The molecule has 3 aromatic rings. The van der Waals surface area contributed by atoms with E-state index in [1.807, 2.05) is 70.2 Å². The number of amides is 3. The van der Waals surface area contributed by atoms with Crippen LogP contribution in [0.2, 0.25) is 0 Å². The van der Waals surface area contributed by atoms with Crippen molar-refractivity contribution in [3.05, 3.63) is 95.0 Å². The maximum atomic E-state index is 12.9. The molecule has 206 valence electrons. The summed E-state index contributed by atoms with van der Waals surface area (Å²) in [6, 6.07) is 23.0. The van der Waals surface area contributed by atoms with Crippen molar-refractivity contribution in [2.24, 2.45) is 5.73 Å². The zero-order chi connectivity index (χ0) is 28.5. The van der Waals surface area contributed by atoms with Crippen molar-refractivity contribution in [1.82, 2.24) is 5.32 Å². The van der Waals surface area contributed by atoms with Crippen LogP contribution in [-0.4, -0.2) is 43.6 Å². The summed E-state index contributed by atoms with van der Waals surface area (Å²) >= 11 is 0. The fourth-order valence-electron chi connectivity index (χ4n) is 5.04. The second kappa shape index (κ2) is 10.8. The molecule has 8 nitrogen and oxygen atoms in total. The summed E-state index contributed by atoms with van der Waals surface area (Å²) in [5.74, 6) is -0.0243. The van der Waals surface area contributed by atoms with E-state index in [0.29, 0.717) is 5.69 Å². The number of benzene rings is 3. The van der Waals surface area contributed by atoms with Crippen LogP contribution >= 0.6 is 0 Å². The molecule has 0 saturated carbocycles. The highest BCUT2D eigenvalue weighted by molar-refractivity contribution is 6.56. The molecule has 0 radical (unpaired) electrons. The molecule has 0 aromatic heterocycles.